The Morgan fingerprint density at radius 3 is 2.80 bits per heavy atom. The van der Waals surface area contributed by atoms with E-state index >= 15 is 0 Å². The first kappa shape index (κ1) is 14.8. The number of aryl methyl sites for hydroxylation is 1. The molecule has 2 heterocycles. The van der Waals surface area contributed by atoms with E-state index < -0.39 is 0 Å². The molecule has 5 nitrogen and oxygen atoms in total. The number of likely N-dealkylation sites (tertiary alicyclic amines) is 1. The monoisotopic (exact) mass is 295 g/mol. The molecular formula is C14H21N3O2S. The second-order valence-electron chi connectivity index (χ2n) is 5.09. The molecule has 0 spiro atoms. The Kier molecular flexibility index (Phi) is 4.65. The van der Waals surface area contributed by atoms with Crippen molar-refractivity contribution in [3.05, 3.63) is 21.9 Å². The Bertz CT molecular complexity index is 500. The van der Waals surface area contributed by atoms with Crippen molar-refractivity contribution in [2.45, 2.75) is 38.8 Å². The highest BCUT2D eigenvalue weighted by atomic mass is 32.1. The third-order valence-corrected chi connectivity index (χ3v) is 4.77. The van der Waals surface area contributed by atoms with Crippen molar-refractivity contribution in [2.75, 3.05) is 13.6 Å². The van der Waals surface area contributed by atoms with E-state index in [0.717, 1.165) is 17.7 Å². The summed E-state index contributed by atoms with van der Waals surface area (Å²) in [5, 5.41) is 5.60. The fourth-order valence-corrected chi connectivity index (χ4v) is 3.35. The van der Waals surface area contributed by atoms with Gasteiger partial charge in [0.1, 0.15) is 6.04 Å². The summed E-state index contributed by atoms with van der Waals surface area (Å²) in [6.07, 6.45) is 1.61. The highest BCUT2D eigenvalue weighted by molar-refractivity contribution is 7.12. The highest BCUT2D eigenvalue weighted by Gasteiger charge is 2.34. The highest BCUT2D eigenvalue weighted by Crippen LogP contribution is 2.23. The molecule has 1 aliphatic heterocycles. The predicted molar refractivity (Wildman–Crippen MR) is 79.8 cm³/mol. The van der Waals surface area contributed by atoms with Crippen LogP contribution < -0.4 is 10.6 Å². The van der Waals surface area contributed by atoms with Crippen LogP contribution in [0, 0.1) is 6.92 Å². The van der Waals surface area contributed by atoms with Crippen molar-refractivity contribution in [1.29, 1.82) is 0 Å². The van der Waals surface area contributed by atoms with Crippen molar-refractivity contribution in [3.8, 4) is 0 Å². The van der Waals surface area contributed by atoms with E-state index in [-0.39, 0.29) is 24.0 Å². The number of thiophene rings is 1. The fourth-order valence-electron chi connectivity index (χ4n) is 2.47. The lowest BCUT2D eigenvalue weighted by Gasteiger charge is -2.25. The fraction of sp³-hybridized carbons (Fsp3) is 0.571. The first-order valence-corrected chi connectivity index (χ1v) is 7.69. The Labute approximate surface area is 123 Å². The number of hydrogen-bond acceptors (Lipinski definition) is 3. The van der Waals surface area contributed by atoms with Gasteiger partial charge in [-0.2, -0.15) is 0 Å². The smallest absolute Gasteiger partial charge is 0.318 e. The van der Waals surface area contributed by atoms with Gasteiger partial charge in [0.05, 0.1) is 6.04 Å². The number of carbonyl (C=O) groups is 2. The van der Waals surface area contributed by atoms with Gasteiger partial charge >= 0.3 is 6.03 Å². The van der Waals surface area contributed by atoms with Crippen LogP contribution in [0.1, 0.15) is 35.6 Å². The topological polar surface area (TPSA) is 61.4 Å². The van der Waals surface area contributed by atoms with Crippen LogP contribution in [0.5, 0.6) is 0 Å². The van der Waals surface area contributed by atoms with E-state index in [1.165, 1.54) is 4.88 Å². The number of rotatable bonds is 3. The van der Waals surface area contributed by atoms with Crippen molar-refractivity contribution >= 4 is 23.3 Å². The normalized spacial score (nSPS) is 19.8. The van der Waals surface area contributed by atoms with Crippen LogP contribution in [0.2, 0.25) is 0 Å². The first-order valence-electron chi connectivity index (χ1n) is 6.88. The second-order valence-corrected chi connectivity index (χ2v) is 6.40. The summed E-state index contributed by atoms with van der Waals surface area (Å²) in [5.74, 6) is -0.0859. The number of amides is 3. The van der Waals surface area contributed by atoms with E-state index in [2.05, 4.69) is 10.6 Å². The molecule has 0 aromatic carbocycles. The van der Waals surface area contributed by atoms with Crippen molar-refractivity contribution < 1.29 is 9.59 Å². The van der Waals surface area contributed by atoms with Crippen molar-refractivity contribution in [1.82, 2.24) is 15.5 Å². The summed E-state index contributed by atoms with van der Waals surface area (Å²) >= 11 is 1.68. The maximum atomic E-state index is 12.3. The molecule has 1 aliphatic rings. The van der Waals surface area contributed by atoms with Crippen molar-refractivity contribution in [2.24, 2.45) is 0 Å². The molecule has 0 aliphatic carbocycles. The lowest BCUT2D eigenvalue weighted by molar-refractivity contribution is -0.124. The largest absolute Gasteiger partial charge is 0.357 e. The van der Waals surface area contributed by atoms with Gasteiger partial charge in [0.2, 0.25) is 5.91 Å². The molecule has 2 rings (SSSR count). The lowest BCUT2D eigenvalue weighted by Crippen LogP contribution is -2.49. The van der Waals surface area contributed by atoms with Gasteiger partial charge in [-0.1, -0.05) is 0 Å². The molecule has 1 aromatic rings. The molecule has 2 atom stereocenters. The minimum absolute atomic E-state index is 0.0351. The number of nitrogens with one attached hydrogen (secondary N) is 2. The van der Waals surface area contributed by atoms with E-state index in [4.69, 9.17) is 0 Å². The molecule has 6 heteroatoms. The zero-order chi connectivity index (χ0) is 14.7. The minimum atomic E-state index is -0.336. The quantitative estimate of drug-likeness (QED) is 0.896. The average Bonchev–Trinajstić information content (AvgIpc) is 3.06. The van der Waals surface area contributed by atoms with Gasteiger partial charge in [-0.15, -0.1) is 11.3 Å². The number of carbonyl (C=O) groups excluding carboxylic acids is 2. The molecule has 2 unspecified atom stereocenters. The lowest BCUT2D eigenvalue weighted by atomic mass is 10.2. The van der Waals surface area contributed by atoms with Crippen LogP contribution in [0.25, 0.3) is 0 Å². The number of likely N-dealkylation sites (N-methyl/N-ethyl adjacent to an activating group) is 1. The third-order valence-electron chi connectivity index (χ3n) is 3.59. The van der Waals surface area contributed by atoms with Crippen LogP contribution in [0.3, 0.4) is 0 Å². The number of urea groups is 1. The van der Waals surface area contributed by atoms with Crippen molar-refractivity contribution in [3.63, 3.8) is 0 Å². The molecule has 110 valence electrons. The summed E-state index contributed by atoms with van der Waals surface area (Å²) < 4.78 is 0. The average molecular weight is 295 g/mol. The van der Waals surface area contributed by atoms with Crippen LogP contribution in [-0.4, -0.2) is 36.5 Å². The minimum Gasteiger partial charge on any atom is -0.357 e. The van der Waals surface area contributed by atoms with Gasteiger partial charge in [-0.05, 0) is 38.8 Å². The van der Waals surface area contributed by atoms with Gasteiger partial charge in [0.15, 0.2) is 0 Å². The molecule has 20 heavy (non-hydrogen) atoms. The van der Waals surface area contributed by atoms with Gasteiger partial charge < -0.3 is 15.5 Å². The number of hydrogen-bond donors (Lipinski definition) is 2. The molecular weight excluding hydrogens is 274 g/mol. The summed E-state index contributed by atoms with van der Waals surface area (Å²) in [4.78, 5) is 28.1. The van der Waals surface area contributed by atoms with Crippen LogP contribution in [-0.2, 0) is 4.79 Å². The molecule has 1 aromatic heterocycles. The van der Waals surface area contributed by atoms with Gasteiger partial charge in [0.25, 0.3) is 0 Å². The molecule has 0 radical (unpaired) electrons. The molecule has 0 saturated carbocycles. The maximum absolute atomic E-state index is 12.3. The zero-order valence-corrected chi connectivity index (χ0v) is 12.9. The van der Waals surface area contributed by atoms with Crippen LogP contribution >= 0.6 is 11.3 Å². The van der Waals surface area contributed by atoms with E-state index in [0.29, 0.717) is 6.54 Å². The van der Waals surface area contributed by atoms with Gasteiger partial charge in [-0.3, -0.25) is 4.79 Å². The SMILES string of the molecule is CNC(=O)C1CCCN1C(=O)NC(C)c1ccc(C)s1. The maximum Gasteiger partial charge on any atom is 0.318 e. The Hall–Kier alpha value is -1.56. The summed E-state index contributed by atoms with van der Waals surface area (Å²) in [7, 11) is 1.60. The van der Waals surface area contributed by atoms with E-state index in [1.54, 1.807) is 23.3 Å². The first-order chi connectivity index (χ1) is 9.52. The zero-order valence-electron chi connectivity index (χ0n) is 12.1. The van der Waals surface area contributed by atoms with Gasteiger partial charge in [-0.25, -0.2) is 4.79 Å². The molecule has 3 amide bonds. The molecule has 1 saturated heterocycles. The van der Waals surface area contributed by atoms with E-state index in [9.17, 15) is 9.59 Å². The summed E-state index contributed by atoms with van der Waals surface area (Å²) in [6, 6.07) is 3.55. The summed E-state index contributed by atoms with van der Waals surface area (Å²) in [6.45, 7) is 4.65. The predicted octanol–water partition coefficient (Wildman–Crippen LogP) is 2.04. The Balaban J connectivity index is 1.99. The van der Waals surface area contributed by atoms with Gasteiger partial charge in [0, 0.05) is 23.3 Å². The van der Waals surface area contributed by atoms with Crippen LogP contribution in [0.15, 0.2) is 12.1 Å². The Morgan fingerprint density at radius 2 is 2.20 bits per heavy atom. The standard InChI is InChI=1S/C14H21N3O2S/c1-9-6-7-12(20-9)10(2)16-14(19)17-8-4-5-11(17)13(18)15-3/h6-7,10-11H,4-5,8H2,1-3H3,(H,15,18)(H,16,19). The Morgan fingerprint density at radius 1 is 1.45 bits per heavy atom. The third kappa shape index (κ3) is 3.12. The molecule has 0 bridgehead atoms. The van der Waals surface area contributed by atoms with E-state index in [1.807, 2.05) is 26.0 Å². The summed E-state index contributed by atoms with van der Waals surface area (Å²) in [5.41, 5.74) is 0. The number of nitrogens with zero attached hydrogens (tertiary/aromatic N) is 1. The second kappa shape index (κ2) is 6.26. The molecule has 2 N–H and O–H groups in total. The molecule has 1 fully saturated rings. The van der Waals surface area contributed by atoms with Crippen LogP contribution in [0.4, 0.5) is 4.79 Å².